The average molecular weight is 329 g/mol. The lowest BCUT2D eigenvalue weighted by Gasteiger charge is -2.16. The van der Waals surface area contributed by atoms with Crippen LogP contribution in [0.25, 0.3) is 0 Å². The molecule has 2 amide bonds. The van der Waals surface area contributed by atoms with E-state index in [0.717, 1.165) is 12.0 Å². The second-order valence-electron chi connectivity index (χ2n) is 5.76. The molecule has 1 saturated carbocycles. The van der Waals surface area contributed by atoms with Crippen molar-refractivity contribution >= 4 is 23.4 Å². The van der Waals surface area contributed by atoms with Crippen molar-refractivity contribution in [1.82, 2.24) is 5.32 Å². The number of hydrogen-bond acceptors (Lipinski definition) is 2. The number of carbonyl (C=O) groups is 2. The number of rotatable bonds is 5. The maximum atomic E-state index is 12.4. The molecule has 3 atom stereocenters. The highest BCUT2D eigenvalue weighted by Crippen LogP contribution is 2.48. The molecule has 2 aromatic rings. The van der Waals surface area contributed by atoms with E-state index in [4.69, 9.17) is 17.3 Å². The molecule has 0 aliphatic heterocycles. The van der Waals surface area contributed by atoms with E-state index < -0.39 is 11.9 Å². The third-order valence-corrected chi connectivity index (χ3v) is 4.34. The predicted octanol–water partition coefficient (Wildman–Crippen LogP) is 2.79. The van der Waals surface area contributed by atoms with E-state index in [-0.39, 0.29) is 17.7 Å². The molecule has 0 spiro atoms. The molecule has 2 aromatic carbocycles. The summed E-state index contributed by atoms with van der Waals surface area (Å²) in [6.45, 7) is 0. The van der Waals surface area contributed by atoms with Crippen molar-refractivity contribution in [3.8, 4) is 0 Å². The topological polar surface area (TPSA) is 72.2 Å². The number of amides is 2. The molecular formula is C18H17ClN2O2. The van der Waals surface area contributed by atoms with Gasteiger partial charge in [0.25, 0.3) is 0 Å². The molecule has 1 aliphatic carbocycles. The molecule has 0 saturated heterocycles. The van der Waals surface area contributed by atoms with Gasteiger partial charge in [0, 0.05) is 10.9 Å². The molecule has 4 nitrogen and oxygen atoms in total. The smallest absolute Gasteiger partial charge is 0.244 e. The Morgan fingerprint density at radius 3 is 2.52 bits per heavy atom. The van der Waals surface area contributed by atoms with Crippen molar-refractivity contribution < 1.29 is 9.59 Å². The molecular weight excluding hydrogens is 312 g/mol. The van der Waals surface area contributed by atoms with E-state index >= 15 is 0 Å². The molecule has 1 fully saturated rings. The normalized spacial score (nSPS) is 20.6. The molecule has 0 radical (unpaired) electrons. The van der Waals surface area contributed by atoms with Gasteiger partial charge in [-0.3, -0.25) is 9.59 Å². The van der Waals surface area contributed by atoms with Crippen molar-refractivity contribution in [2.45, 2.75) is 18.4 Å². The maximum absolute atomic E-state index is 12.4. The van der Waals surface area contributed by atoms with E-state index in [1.54, 1.807) is 18.2 Å². The SMILES string of the molecule is NC(=O)[C@H](NC(=O)[C@@H]1C[C@@H]1c1cccc(Cl)c1)c1ccccc1. The van der Waals surface area contributed by atoms with Crippen molar-refractivity contribution in [3.05, 3.63) is 70.7 Å². The monoisotopic (exact) mass is 328 g/mol. The quantitative estimate of drug-likeness (QED) is 0.885. The first kappa shape index (κ1) is 15.6. The summed E-state index contributed by atoms with van der Waals surface area (Å²) in [6.07, 6.45) is 0.756. The Bertz CT molecular complexity index is 733. The van der Waals surface area contributed by atoms with Crippen molar-refractivity contribution in [3.63, 3.8) is 0 Å². The van der Waals surface area contributed by atoms with Crippen LogP contribution >= 0.6 is 11.6 Å². The van der Waals surface area contributed by atoms with Crippen LogP contribution in [0.2, 0.25) is 5.02 Å². The Morgan fingerprint density at radius 1 is 1.13 bits per heavy atom. The van der Waals surface area contributed by atoms with Gasteiger partial charge >= 0.3 is 0 Å². The highest BCUT2D eigenvalue weighted by atomic mass is 35.5. The number of benzene rings is 2. The van der Waals surface area contributed by atoms with Gasteiger partial charge in [-0.25, -0.2) is 0 Å². The molecule has 0 unspecified atom stereocenters. The van der Waals surface area contributed by atoms with Gasteiger partial charge in [-0.05, 0) is 35.6 Å². The number of halogens is 1. The Balaban J connectivity index is 1.68. The summed E-state index contributed by atoms with van der Waals surface area (Å²) in [5.74, 6) is -0.704. The lowest BCUT2D eigenvalue weighted by molar-refractivity contribution is -0.128. The van der Waals surface area contributed by atoms with Gasteiger partial charge in [-0.2, -0.15) is 0 Å². The van der Waals surface area contributed by atoms with Crippen LogP contribution in [0.5, 0.6) is 0 Å². The van der Waals surface area contributed by atoms with E-state index in [9.17, 15) is 9.59 Å². The molecule has 1 aliphatic rings. The number of nitrogens with one attached hydrogen (secondary N) is 1. The Kier molecular flexibility index (Phi) is 4.35. The highest BCUT2D eigenvalue weighted by Gasteiger charge is 2.44. The van der Waals surface area contributed by atoms with Crippen LogP contribution in [0, 0.1) is 5.92 Å². The highest BCUT2D eigenvalue weighted by molar-refractivity contribution is 6.30. The first-order valence-electron chi connectivity index (χ1n) is 7.46. The Labute approximate surface area is 139 Å². The van der Waals surface area contributed by atoms with Crippen LogP contribution in [0.3, 0.4) is 0 Å². The van der Waals surface area contributed by atoms with Crippen LogP contribution in [0.1, 0.15) is 29.5 Å². The first-order valence-corrected chi connectivity index (χ1v) is 7.84. The lowest BCUT2D eigenvalue weighted by Crippen LogP contribution is -2.38. The molecule has 5 heteroatoms. The summed E-state index contributed by atoms with van der Waals surface area (Å²) >= 11 is 5.99. The molecule has 3 rings (SSSR count). The third-order valence-electron chi connectivity index (χ3n) is 4.11. The molecule has 118 valence electrons. The number of carbonyl (C=O) groups excluding carboxylic acids is 2. The molecule has 0 heterocycles. The fraction of sp³-hybridized carbons (Fsp3) is 0.222. The van der Waals surface area contributed by atoms with Crippen LogP contribution in [0.4, 0.5) is 0 Å². The molecule has 3 N–H and O–H groups in total. The van der Waals surface area contributed by atoms with Gasteiger partial charge in [0.2, 0.25) is 11.8 Å². The van der Waals surface area contributed by atoms with Crippen molar-refractivity contribution in [2.24, 2.45) is 11.7 Å². The van der Waals surface area contributed by atoms with Crippen molar-refractivity contribution in [2.75, 3.05) is 0 Å². The van der Waals surface area contributed by atoms with Crippen LogP contribution in [0.15, 0.2) is 54.6 Å². The summed E-state index contributed by atoms with van der Waals surface area (Å²) in [6, 6.07) is 15.7. The fourth-order valence-electron chi connectivity index (χ4n) is 2.80. The van der Waals surface area contributed by atoms with Crippen molar-refractivity contribution in [1.29, 1.82) is 0 Å². The standard InChI is InChI=1S/C18H17ClN2O2/c19-13-8-4-7-12(9-13)14-10-15(14)18(23)21-16(17(20)22)11-5-2-1-3-6-11/h1-9,14-16H,10H2,(H2,20,22)(H,21,23)/t14-,15-,16-/m1/s1. The van der Waals surface area contributed by atoms with E-state index in [1.165, 1.54) is 0 Å². The minimum atomic E-state index is -0.802. The second-order valence-corrected chi connectivity index (χ2v) is 6.19. The fourth-order valence-corrected chi connectivity index (χ4v) is 3.00. The summed E-state index contributed by atoms with van der Waals surface area (Å²) < 4.78 is 0. The van der Waals surface area contributed by atoms with Gasteiger partial charge < -0.3 is 11.1 Å². The predicted molar refractivity (Wildman–Crippen MR) is 88.8 cm³/mol. The van der Waals surface area contributed by atoms with Crippen LogP contribution in [-0.2, 0) is 9.59 Å². The zero-order valence-corrected chi connectivity index (χ0v) is 13.2. The van der Waals surface area contributed by atoms with Gasteiger partial charge in [0.1, 0.15) is 6.04 Å². The largest absolute Gasteiger partial charge is 0.368 e. The minimum Gasteiger partial charge on any atom is -0.368 e. The summed E-state index contributed by atoms with van der Waals surface area (Å²) in [4.78, 5) is 24.1. The summed E-state index contributed by atoms with van der Waals surface area (Å²) in [5, 5.41) is 3.42. The number of hydrogen-bond donors (Lipinski definition) is 2. The average Bonchev–Trinajstić information content (AvgIpc) is 3.33. The molecule has 0 bridgehead atoms. The zero-order chi connectivity index (χ0) is 16.4. The van der Waals surface area contributed by atoms with Gasteiger partial charge in [0.15, 0.2) is 0 Å². The van der Waals surface area contributed by atoms with Gasteiger partial charge in [-0.15, -0.1) is 0 Å². The minimum absolute atomic E-state index is 0.140. The Morgan fingerprint density at radius 2 is 1.87 bits per heavy atom. The molecule has 23 heavy (non-hydrogen) atoms. The van der Waals surface area contributed by atoms with Gasteiger partial charge in [-0.1, -0.05) is 54.1 Å². The molecule has 0 aromatic heterocycles. The lowest BCUT2D eigenvalue weighted by atomic mass is 10.1. The van der Waals surface area contributed by atoms with E-state index in [1.807, 2.05) is 36.4 Å². The summed E-state index contributed by atoms with van der Waals surface area (Å²) in [7, 11) is 0. The second kappa shape index (κ2) is 6.42. The zero-order valence-electron chi connectivity index (χ0n) is 12.4. The first-order chi connectivity index (χ1) is 11.1. The van der Waals surface area contributed by atoms with E-state index in [2.05, 4.69) is 5.32 Å². The maximum Gasteiger partial charge on any atom is 0.244 e. The Hall–Kier alpha value is -2.33. The third kappa shape index (κ3) is 3.54. The number of primary amides is 1. The van der Waals surface area contributed by atoms with Gasteiger partial charge in [0.05, 0.1) is 0 Å². The summed E-state index contributed by atoms with van der Waals surface area (Å²) in [5.41, 5.74) is 7.17. The van der Waals surface area contributed by atoms with E-state index in [0.29, 0.717) is 10.6 Å². The number of nitrogens with two attached hydrogens (primary N) is 1. The van der Waals surface area contributed by atoms with Crippen LogP contribution in [-0.4, -0.2) is 11.8 Å². The van der Waals surface area contributed by atoms with Crippen LogP contribution < -0.4 is 11.1 Å².